The number of hydrogen-bond acceptors (Lipinski definition) is 6. The van der Waals surface area contributed by atoms with E-state index in [9.17, 15) is 8.42 Å². The maximum atomic E-state index is 12.3. The molecule has 0 unspecified atom stereocenters. The molecule has 2 rings (SSSR count). The maximum absolute atomic E-state index is 12.3. The van der Waals surface area contributed by atoms with Gasteiger partial charge in [0.05, 0.1) is 22.6 Å². The molecule has 2 N–H and O–H groups in total. The zero-order valence-corrected chi connectivity index (χ0v) is 13.7. The van der Waals surface area contributed by atoms with Gasteiger partial charge in [-0.2, -0.15) is 0 Å². The van der Waals surface area contributed by atoms with Gasteiger partial charge in [0.15, 0.2) is 0 Å². The van der Waals surface area contributed by atoms with Gasteiger partial charge in [0, 0.05) is 22.8 Å². The van der Waals surface area contributed by atoms with E-state index in [1.54, 1.807) is 17.0 Å². The molecule has 0 saturated carbocycles. The van der Waals surface area contributed by atoms with Gasteiger partial charge in [-0.05, 0) is 11.4 Å². The van der Waals surface area contributed by atoms with Crippen LogP contribution in [0.25, 0.3) is 0 Å². The Kier molecular flexibility index (Phi) is 5.28. The quantitative estimate of drug-likeness (QED) is 0.816. The highest BCUT2D eigenvalue weighted by Crippen LogP contribution is 2.22. The number of aromatic nitrogens is 1. The zero-order chi connectivity index (χ0) is 14.6. The van der Waals surface area contributed by atoms with Crippen molar-refractivity contribution < 1.29 is 8.42 Å². The van der Waals surface area contributed by atoms with Crippen molar-refractivity contribution in [2.45, 2.75) is 37.9 Å². The van der Waals surface area contributed by atoms with Crippen LogP contribution in [0.5, 0.6) is 0 Å². The molecule has 20 heavy (non-hydrogen) atoms. The summed E-state index contributed by atoms with van der Waals surface area (Å²) in [5, 5.41) is 6.87. The maximum Gasteiger partial charge on any atom is 0.242 e. The summed E-state index contributed by atoms with van der Waals surface area (Å²) >= 11 is 2.89. The summed E-state index contributed by atoms with van der Waals surface area (Å²) in [7, 11) is -3.49. The minimum absolute atomic E-state index is 0.221. The molecule has 0 radical (unpaired) electrons. The van der Waals surface area contributed by atoms with Crippen LogP contribution >= 0.6 is 22.7 Å². The van der Waals surface area contributed by atoms with E-state index >= 15 is 0 Å². The van der Waals surface area contributed by atoms with Gasteiger partial charge in [0.1, 0.15) is 0 Å². The molecule has 2 aromatic heterocycles. The van der Waals surface area contributed by atoms with Crippen molar-refractivity contribution in [3.63, 3.8) is 0 Å². The topological polar surface area (TPSA) is 71.1 Å². The van der Waals surface area contributed by atoms with E-state index < -0.39 is 10.0 Å². The van der Waals surface area contributed by atoms with E-state index in [0.717, 1.165) is 10.6 Å². The predicted molar refractivity (Wildman–Crippen MR) is 82.4 cm³/mol. The van der Waals surface area contributed by atoms with Crippen LogP contribution in [0.15, 0.2) is 27.2 Å². The van der Waals surface area contributed by atoms with Crippen LogP contribution in [0, 0.1) is 0 Å². The van der Waals surface area contributed by atoms with Gasteiger partial charge < -0.3 is 5.32 Å². The predicted octanol–water partition coefficient (Wildman–Crippen LogP) is 2.18. The number of sulfonamides is 1. The van der Waals surface area contributed by atoms with Crippen LogP contribution in [0.3, 0.4) is 0 Å². The molecule has 2 aromatic rings. The van der Waals surface area contributed by atoms with Gasteiger partial charge in [0.25, 0.3) is 0 Å². The third-order valence-electron chi connectivity index (χ3n) is 2.59. The number of hydrogen-bond donors (Lipinski definition) is 2. The smallest absolute Gasteiger partial charge is 0.242 e. The molecule has 0 spiro atoms. The van der Waals surface area contributed by atoms with Crippen molar-refractivity contribution in [2.75, 3.05) is 0 Å². The fourth-order valence-corrected chi connectivity index (χ4v) is 4.52. The first kappa shape index (κ1) is 15.6. The van der Waals surface area contributed by atoms with E-state index in [2.05, 4.69) is 15.0 Å². The first-order valence-electron chi connectivity index (χ1n) is 6.15. The summed E-state index contributed by atoms with van der Waals surface area (Å²) in [6.07, 6.45) is 0. The molecule has 110 valence electrons. The van der Waals surface area contributed by atoms with Gasteiger partial charge in [0.2, 0.25) is 10.0 Å². The van der Waals surface area contributed by atoms with Crippen molar-refractivity contribution >= 4 is 32.7 Å². The standard InChI is InChI=1S/C12H17N3O2S3/c1-9(2)13-6-11-12(3-4-19-11)20(16,17)15-5-10-7-18-8-14-10/h3-4,7-9,13,15H,5-6H2,1-2H3. The molecule has 0 fully saturated rings. The number of nitrogens with zero attached hydrogens (tertiary/aromatic N) is 1. The molecular formula is C12H17N3O2S3. The average molecular weight is 331 g/mol. The fourth-order valence-electron chi connectivity index (χ4n) is 1.57. The van der Waals surface area contributed by atoms with E-state index in [4.69, 9.17) is 0 Å². The normalized spacial score (nSPS) is 12.2. The Morgan fingerprint density at radius 1 is 1.35 bits per heavy atom. The molecule has 0 saturated heterocycles. The Bertz CT molecular complexity index is 633. The van der Waals surface area contributed by atoms with Crippen molar-refractivity contribution in [3.05, 3.63) is 32.9 Å². The number of thiophene rings is 1. The van der Waals surface area contributed by atoms with E-state index in [-0.39, 0.29) is 6.54 Å². The summed E-state index contributed by atoms with van der Waals surface area (Å²) in [6, 6.07) is 1.96. The Morgan fingerprint density at radius 2 is 2.15 bits per heavy atom. The summed E-state index contributed by atoms with van der Waals surface area (Å²) in [5.41, 5.74) is 2.42. The number of nitrogens with one attached hydrogen (secondary N) is 2. The SMILES string of the molecule is CC(C)NCc1sccc1S(=O)(=O)NCc1cscn1. The highest BCUT2D eigenvalue weighted by atomic mass is 32.2. The highest BCUT2D eigenvalue weighted by Gasteiger charge is 2.19. The average Bonchev–Trinajstić information content (AvgIpc) is 3.05. The molecule has 0 atom stereocenters. The summed E-state index contributed by atoms with van der Waals surface area (Å²) in [6.45, 7) is 4.84. The van der Waals surface area contributed by atoms with Crippen LogP contribution in [-0.4, -0.2) is 19.4 Å². The van der Waals surface area contributed by atoms with E-state index in [0.29, 0.717) is 17.5 Å². The Hall–Kier alpha value is -0.800. The second-order valence-corrected chi connectivity index (χ2v) is 8.00. The molecule has 2 heterocycles. The molecule has 0 amide bonds. The lowest BCUT2D eigenvalue weighted by atomic mass is 10.4. The summed E-state index contributed by atoms with van der Waals surface area (Å²) < 4.78 is 27.2. The fraction of sp³-hybridized carbons (Fsp3) is 0.417. The van der Waals surface area contributed by atoms with Gasteiger partial charge >= 0.3 is 0 Å². The van der Waals surface area contributed by atoms with Crippen LogP contribution < -0.4 is 10.0 Å². The van der Waals surface area contributed by atoms with Crippen molar-refractivity contribution in [3.8, 4) is 0 Å². The minimum Gasteiger partial charge on any atom is -0.310 e. The van der Waals surface area contributed by atoms with Gasteiger partial charge in [-0.15, -0.1) is 22.7 Å². The molecular weight excluding hydrogens is 314 g/mol. The molecule has 8 heteroatoms. The van der Waals surface area contributed by atoms with Crippen molar-refractivity contribution in [1.29, 1.82) is 0 Å². The third kappa shape index (κ3) is 4.10. The molecule has 5 nitrogen and oxygen atoms in total. The van der Waals surface area contributed by atoms with Gasteiger partial charge in [-0.3, -0.25) is 0 Å². The molecule has 0 aliphatic rings. The lowest BCUT2D eigenvalue weighted by Crippen LogP contribution is -2.26. The molecule has 0 aromatic carbocycles. The second kappa shape index (κ2) is 6.77. The van der Waals surface area contributed by atoms with E-state index in [1.165, 1.54) is 22.7 Å². The highest BCUT2D eigenvalue weighted by molar-refractivity contribution is 7.89. The summed E-state index contributed by atoms with van der Waals surface area (Å²) in [4.78, 5) is 5.24. The van der Waals surface area contributed by atoms with Gasteiger partial charge in [-0.1, -0.05) is 13.8 Å². The zero-order valence-electron chi connectivity index (χ0n) is 11.3. The minimum atomic E-state index is -3.49. The largest absolute Gasteiger partial charge is 0.310 e. The Labute approximate surface area is 127 Å². The Morgan fingerprint density at radius 3 is 2.80 bits per heavy atom. The van der Waals surface area contributed by atoms with Crippen molar-refractivity contribution in [2.24, 2.45) is 0 Å². The molecule has 0 aliphatic carbocycles. The van der Waals surface area contributed by atoms with E-state index in [1.807, 2.05) is 19.2 Å². The lowest BCUT2D eigenvalue weighted by molar-refractivity contribution is 0.571. The first-order valence-corrected chi connectivity index (χ1v) is 9.46. The van der Waals surface area contributed by atoms with Crippen molar-refractivity contribution in [1.82, 2.24) is 15.0 Å². The lowest BCUT2D eigenvalue weighted by Gasteiger charge is -2.09. The van der Waals surface area contributed by atoms with Crippen LogP contribution in [0.1, 0.15) is 24.4 Å². The number of thiazole rings is 1. The summed E-state index contributed by atoms with van der Waals surface area (Å²) in [5.74, 6) is 0. The van der Waals surface area contributed by atoms with Gasteiger partial charge in [-0.25, -0.2) is 18.1 Å². The van der Waals surface area contributed by atoms with Crippen LogP contribution in [-0.2, 0) is 23.1 Å². The molecule has 0 aliphatic heterocycles. The van der Waals surface area contributed by atoms with Crippen LogP contribution in [0.4, 0.5) is 0 Å². The number of rotatable bonds is 7. The van der Waals surface area contributed by atoms with Crippen LogP contribution in [0.2, 0.25) is 0 Å². The Balaban J connectivity index is 2.07. The molecule has 0 bridgehead atoms. The monoisotopic (exact) mass is 331 g/mol. The second-order valence-electron chi connectivity index (χ2n) is 4.55. The third-order valence-corrected chi connectivity index (χ3v) is 5.76. The first-order chi connectivity index (χ1) is 9.49.